The summed E-state index contributed by atoms with van der Waals surface area (Å²) < 4.78 is 0. The lowest BCUT2D eigenvalue weighted by Crippen LogP contribution is -2.32. The zero-order valence-corrected chi connectivity index (χ0v) is 8.71. The van der Waals surface area contributed by atoms with E-state index in [0.29, 0.717) is 10.6 Å². The van der Waals surface area contributed by atoms with E-state index in [1.54, 1.807) is 38.4 Å². The van der Waals surface area contributed by atoms with Crippen molar-refractivity contribution < 1.29 is 9.63 Å². The average Bonchev–Trinajstić information content (AvgIpc) is 2.15. The maximum atomic E-state index is 11.3. The maximum absolute atomic E-state index is 11.3. The summed E-state index contributed by atoms with van der Waals surface area (Å²) >= 11 is 5.67. The second-order valence-corrected chi connectivity index (χ2v) is 3.32. The van der Waals surface area contributed by atoms with Crippen LogP contribution in [-0.2, 0) is 4.84 Å². The first-order chi connectivity index (χ1) is 6.59. The number of benzene rings is 1. The molecule has 1 rings (SSSR count). The first-order valence-electron chi connectivity index (χ1n) is 3.99. The molecule has 0 aliphatic carbocycles. The van der Waals surface area contributed by atoms with Crippen LogP contribution in [0, 0.1) is 0 Å². The van der Waals surface area contributed by atoms with E-state index in [-0.39, 0.29) is 0 Å². The Morgan fingerprint density at radius 2 is 1.93 bits per heavy atom. The minimum absolute atomic E-state index is 0.448. The van der Waals surface area contributed by atoms with Crippen LogP contribution < -0.4 is 5.59 Å². The summed E-state index contributed by atoms with van der Waals surface area (Å²) in [5.74, 6) is -0.449. The summed E-state index contributed by atoms with van der Waals surface area (Å²) in [6.45, 7) is 0. The van der Waals surface area contributed by atoms with Gasteiger partial charge in [-0.05, 0) is 24.3 Å². The molecule has 1 N–H and O–H groups in total. The van der Waals surface area contributed by atoms with Gasteiger partial charge in [0.25, 0.3) is 0 Å². The van der Waals surface area contributed by atoms with Crippen LogP contribution in [0.3, 0.4) is 0 Å². The van der Waals surface area contributed by atoms with Gasteiger partial charge in [0, 0.05) is 19.1 Å². The fourth-order valence-electron chi connectivity index (χ4n) is 0.778. The molecule has 4 nitrogen and oxygen atoms in total. The Labute approximate surface area is 87.3 Å². The maximum Gasteiger partial charge on any atom is 0.358 e. The van der Waals surface area contributed by atoms with E-state index in [1.165, 1.54) is 5.01 Å². The lowest BCUT2D eigenvalue weighted by Gasteiger charge is -2.10. The molecule has 1 aromatic rings. The molecular formula is C9H11ClN2O2. The highest BCUT2D eigenvalue weighted by Crippen LogP contribution is 2.09. The van der Waals surface area contributed by atoms with Gasteiger partial charge in [-0.3, -0.25) is 0 Å². The molecule has 1 aromatic carbocycles. The fraction of sp³-hybridized carbons (Fsp3) is 0.222. The number of nitrogens with one attached hydrogen (secondary N) is 1. The van der Waals surface area contributed by atoms with Crippen LogP contribution in [0.1, 0.15) is 10.4 Å². The molecule has 0 aromatic heterocycles. The summed E-state index contributed by atoms with van der Waals surface area (Å²) in [4.78, 5) is 16.0. The summed E-state index contributed by atoms with van der Waals surface area (Å²) in [5.41, 5.74) is 2.86. The Morgan fingerprint density at radius 1 is 1.36 bits per heavy atom. The molecule has 5 heteroatoms. The van der Waals surface area contributed by atoms with Gasteiger partial charge in [0.15, 0.2) is 0 Å². The standard InChI is InChI=1S/C9H11ClN2O2/c1-12(2)11-14-9(13)7-3-5-8(10)6-4-7/h3-6,11H,1-2H3. The van der Waals surface area contributed by atoms with Crippen molar-refractivity contribution in [3.8, 4) is 0 Å². The minimum atomic E-state index is -0.449. The normalized spacial score (nSPS) is 10.3. The largest absolute Gasteiger partial charge is 0.358 e. The van der Waals surface area contributed by atoms with Gasteiger partial charge in [-0.25, -0.2) is 9.80 Å². The molecule has 0 heterocycles. The molecular weight excluding hydrogens is 204 g/mol. The van der Waals surface area contributed by atoms with Crippen molar-refractivity contribution in [1.82, 2.24) is 10.6 Å². The number of carbonyl (C=O) groups is 1. The number of nitrogens with zero attached hydrogens (tertiary/aromatic N) is 1. The van der Waals surface area contributed by atoms with E-state index in [4.69, 9.17) is 16.4 Å². The van der Waals surface area contributed by atoms with Gasteiger partial charge in [-0.1, -0.05) is 17.2 Å². The zero-order chi connectivity index (χ0) is 10.6. The van der Waals surface area contributed by atoms with Crippen molar-refractivity contribution in [2.24, 2.45) is 0 Å². The Morgan fingerprint density at radius 3 is 2.43 bits per heavy atom. The number of hydrogen-bond acceptors (Lipinski definition) is 4. The van der Waals surface area contributed by atoms with Gasteiger partial charge in [0.2, 0.25) is 0 Å². The quantitative estimate of drug-likeness (QED) is 0.774. The van der Waals surface area contributed by atoms with E-state index in [1.807, 2.05) is 0 Å². The third-order valence-electron chi connectivity index (χ3n) is 1.40. The highest BCUT2D eigenvalue weighted by molar-refractivity contribution is 6.30. The molecule has 0 amide bonds. The van der Waals surface area contributed by atoms with Crippen LogP contribution >= 0.6 is 11.6 Å². The SMILES string of the molecule is CN(C)NOC(=O)c1ccc(Cl)cc1. The Bertz CT molecular complexity index is 311. The molecule has 0 saturated heterocycles. The molecule has 0 bridgehead atoms. The molecule has 0 fully saturated rings. The van der Waals surface area contributed by atoms with Crippen LogP contribution in [0.4, 0.5) is 0 Å². The first-order valence-corrected chi connectivity index (χ1v) is 4.37. The molecule has 0 atom stereocenters. The van der Waals surface area contributed by atoms with Gasteiger partial charge in [-0.15, -0.1) is 0 Å². The number of hydrazine groups is 1. The summed E-state index contributed by atoms with van der Waals surface area (Å²) in [5, 5.41) is 2.11. The highest BCUT2D eigenvalue weighted by Gasteiger charge is 2.06. The third kappa shape index (κ3) is 3.33. The van der Waals surface area contributed by atoms with Crippen LogP contribution in [0.15, 0.2) is 24.3 Å². The summed E-state index contributed by atoms with van der Waals surface area (Å²) in [6.07, 6.45) is 0. The number of rotatable bonds is 3. The van der Waals surface area contributed by atoms with Crippen LogP contribution in [-0.4, -0.2) is 25.1 Å². The van der Waals surface area contributed by atoms with E-state index in [2.05, 4.69) is 5.59 Å². The number of halogens is 1. The molecule has 0 aliphatic heterocycles. The number of hydrogen-bond donors (Lipinski definition) is 1. The monoisotopic (exact) mass is 214 g/mol. The molecule has 14 heavy (non-hydrogen) atoms. The molecule has 0 radical (unpaired) electrons. The average molecular weight is 215 g/mol. The van der Waals surface area contributed by atoms with Crippen LogP contribution in [0.2, 0.25) is 5.02 Å². The second-order valence-electron chi connectivity index (χ2n) is 2.88. The molecule has 0 aliphatic rings. The summed E-state index contributed by atoms with van der Waals surface area (Å²) in [7, 11) is 3.43. The van der Waals surface area contributed by atoms with Crippen molar-refractivity contribution in [3.63, 3.8) is 0 Å². The van der Waals surface area contributed by atoms with Gasteiger partial charge in [-0.2, -0.15) is 0 Å². The number of carbonyl (C=O) groups excluding carboxylic acids is 1. The predicted octanol–water partition coefficient (Wildman–Crippen LogP) is 1.48. The van der Waals surface area contributed by atoms with E-state index >= 15 is 0 Å². The third-order valence-corrected chi connectivity index (χ3v) is 1.65. The minimum Gasteiger partial charge on any atom is -0.351 e. The Balaban J connectivity index is 2.57. The highest BCUT2D eigenvalue weighted by atomic mass is 35.5. The van der Waals surface area contributed by atoms with Crippen molar-refractivity contribution in [3.05, 3.63) is 34.9 Å². The first kappa shape index (κ1) is 11.0. The molecule has 76 valence electrons. The Kier molecular flexibility index (Phi) is 3.88. The molecule has 0 unspecified atom stereocenters. The van der Waals surface area contributed by atoms with E-state index in [9.17, 15) is 4.79 Å². The lowest BCUT2D eigenvalue weighted by molar-refractivity contribution is -0.0296. The molecule has 0 spiro atoms. The van der Waals surface area contributed by atoms with E-state index in [0.717, 1.165) is 0 Å². The Hall–Kier alpha value is -1.10. The van der Waals surface area contributed by atoms with Gasteiger partial charge in [0.1, 0.15) is 0 Å². The van der Waals surface area contributed by atoms with Crippen molar-refractivity contribution in [1.29, 1.82) is 0 Å². The van der Waals surface area contributed by atoms with Gasteiger partial charge < -0.3 is 4.84 Å². The lowest BCUT2D eigenvalue weighted by atomic mass is 10.2. The second kappa shape index (κ2) is 4.95. The smallest absolute Gasteiger partial charge is 0.351 e. The zero-order valence-electron chi connectivity index (χ0n) is 7.95. The molecule has 0 saturated carbocycles. The predicted molar refractivity (Wildman–Crippen MR) is 53.7 cm³/mol. The topological polar surface area (TPSA) is 41.6 Å². The van der Waals surface area contributed by atoms with Crippen molar-refractivity contribution >= 4 is 17.6 Å². The summed E-state index contributed by atoms with van der Waals surface area (Å²) in [6, 6.07) is 6.46. The van der Waals surface area contributed by atoms with Gasteiger partial charge >= 0.3 is 5.97 Å². The van der Waals surface area contributed by atoms with Crippen LogP contribution in [0.5, 0.6) is 0 Å². The van der Waals surface area contributed by atoms with Crippen LogP contribution in [0.25, 0.3) is 0 Å². The van der Waals surface area contributed by atoms with Crippen molar-refractivity contribution in [2.75, 3.05) is 14.1 Å². The van der Waals surface area contributed by atoms with Gasteiger partial charge in [0.05, 0.1) is 5.56 Å². The fourth-order valence-corrected chi connectivity index (χ4v) is 0.904. The van der Waals surface area contributed by atoms with E-state index < -0.39 is 5.97 Å². The van der Waals surface area contributed by atoms with Crippen molar-refractivity contribution in [2.45, 2.75) is 0 Å².